The minimum absolute atomic E-state index is 0.121. The minimum Gasteiger partial charge on any atom is -0.381 e. The Morgan fingerprint density at radius 2 is 2.29 bits per heavy atom. The van der Waals surface area contributed by atoms with E-state index in [1.807, 2.05) is 0 Å². The third-order valence-corrected chi connectivity index (χ3v) is 3.16. The number of nitrogens with zero attached hydrogens (tertiary/aromatic N) is 3. The summed E-state index contributed by atoms with van der Waals surface area (Å²) in [5.74, 6) is 0.155. The fourth-order valence-electron chi connectivity index (χ4n) is 1.36. The number of anilines is 1. The molecule has 0 bridgehead atoms. The number of thioether (sulfide) groups is 1. The quantitative estimate of drug-likeness (QED) is 0.717. The lowest BCUT2D eigenvalue weighted by molar-refractivity contribution is -0.124. The van der Waals surface area contributed by atoms with Crippen molar-refractivity contribution >= 4 is 29.5 Å². The van der Waals surface area contributed by atoms with Gasteiger partial charge in [-0.05, 0) is 0 Å². The van der Waals surface area contributed by atoms with Crippen LogP contribution in [0.25, 0.3) is 0 Å². The van der Waals surface area contributed by atoms with Crippen molar-refractivity contribution in [3.05, 3.63) is 12.4 Å². The average Bonchev–Trinajstić information content (AvgIpc) is 2.74. The zero-order valence-corrected chi connectivity index (χ0v) is 9.74. The normalized spacial score (nSPS) is 14.8. The van der Waals surface area contributed by atoms with E-state index in [0.29, 0.717) is 18.1 Å². The molecule has 1 saturated heterocycles. The first-order valence-electron chi connectivity index (χ1n) is 4.96. The maximum Gasteiger partial charge on any atom is 0.324 e. The average molecular weight is 253 g/mol. The SMILES string of the molecule is Nc1nccnc1SCC(=O)N1CCNC1=O. The van der Waals surface area contributed by atoms with Crippen LogP contribution in [0.3, 0.4) is 0 Å². The summed E-state index contributed by atoms with van der Waals surface area (Å²) in [6, 6.07) is -0.345. The van der Waals surface area contributed by atoms with Gasteiger partial charge in [-0.15, -0.1) is 0 Å². The molecule has 1 aromatic heterocycles. The van der Waals surface area contributed by atoms with Gasteiger partial charge in [0.2, 0.25) is 5.91 Å². The number of rotatable bonds is 3. The van der Waals surface area contributed by atoms with Gasteiger partial charge in [-0.25, -0.2) is 14.8 Å². The number of nitrogen functional groups attached to an aromatic ring is 1. The number of imide groups is 1. The van der Waals surface area contributed by atoms with E-state index in [1.165, 1.54) is 29.1 Å². The van der Waals surface area contributed by atoms with Crippen LogP contribution >= 0.6 is 11.8 Å². The number of hydrogen-bond donors (Lipinski definition) is 2. The zero-order valence-electron chi connectivity index (χ0n) is 8.92. The molecule has 17 heavy (non-hydrogen) atoms. The topological polar surface area (TPSA) is 101 Å². The highest BCUT2D eigenvalue weighted by Gasteiger charge is 2.25. The highest BCUT2D eigenvalue weighted by Crippen LogP contribution is 2.20. The Morgan fingerprint density at radius 3 is 2.94 bits per heavy atom. The third kappa shape index (κ3) is 2.64. The lowest BCUT2D eigenvalue weighted by Crippen LogP contribution is -2.35. The summed E-state index contributed by atoms with van der Waals surface area (Å²) < 4.78 is 0. The molecular weight excluding hydrogens is 242 g/mol. The van der Waals surface area contributed by atoms with Gasteiger partial charge >= 0.3 is 6.03 Å². The molecule has 90 valence electrons. The second-order valence-electron chi connectivity index (χ2n) is 3.31. The molecule has 0 unspecified atom stereocenters. The van der Waals surface area contributed by atoms with E-state index < -0.39 is 0 Å². The first-order valence-corrected chi connectivity index (χ1v) is 5.94. The van der Waals surface area contributed by atoms with E-state index in [9.17, 15) is 9.59 Å². The van der Waals surface area contributed by atoms with Crippen molar-refractivity contribution in [2.75, 3.05) is 24.6 Å². The van der Waals surface area contributed by atoms with Crippen LogP contribution in [0.4, 0.5) is 10.6 Å². The summed E-state index contributed by atoms with van der Waals surface area (Å²) in [7, 11) is 0. The molecule has 3 amide bonds. The highest BCUT2D eigenvalue weighted by molar-refractivity contribution is 8.00. The Hall–Kier alpha value is -1.83. The van der Waals surface area contributed by atoms with Crippen LogP contribution in [0.5, 0.6) is 0 Å². The maximum atomic E-state index is 11.7. The molecule has 7 nitrogen and oxygen atoms in total. The highest BCUT2D eigenvalue weighted by atomic mass is 32.2. The monoisotopic (exact) mass is 253 g/mol. The molecule has 2 rings (SSSR count). The van der Waals surface area contributed by atoms with Gasteiger partial charge in [0.25, 0.3) is 0 Å². The van der Waals surface area contributed by atoms with Gasteiger partial charge in [-0.3, -0.25) is 9.69 Å². The first kappa shape index (κ1) is 11.6. The zero-order chi connectivity index (χ0) is 12.3. The number of aromatic nitrogens is 2. The molecule has 0 atom stereocenters. The third-order valence-electron chi connectivity index (χ3n) is 2.18. The van der Waals surface area contributed by atoms with Crippen LogP contribution in [0.2, 0.25) is 0 Å². The lowest BCUT2D eigenvalue weighted by Gasteiger charge is -2.11. The number of nitrogens with two attached hydrogens (primary N) is 1. The molecule has 1 aliphatic heterocycles. The summed E-state index contributed by atoms with van der Waals surface area (Å²) >= 11 is 1.17. The van der Waals surface area contributed by atoms with Crippen LogP contribution in [-0.4, -0.2) is 45.6 Å². The van der Waals surface area contributed by atoms with E-state index in [-0.39, 0.29) is 23.5 Å². The standard InChI is InChI=1S/C9H11N5O2S/c10-7-8(12-2-1-11-7)17-5-6(15)14-4-3-13-9(14)16/h1-2H,3-5H2,(H2,10,11)(H,13,16). The van der Waals surface area contributed by atoms with Crippen LogP contribution in [0.15, 0.2) is 17.4 Å². The van der Waals surface area contributed by atoms with E-state index in [2.05, 4.69) is 15.3 Å². The van der Waals surface area contributed by atoms with E-state index >= 15 is 0 Å². The number of urea groups is 1. The van der Waals surface area contributed by atoms with E-state index in [1.54, 1.807) is 0 Å². The Balaban J connectivity index is 1.92. The first-order chi connectivity index (χ1) is 8.18. The molecule has 0 saturated carbocycles. The van der Waals surface area contributed by atoms with Gasteiger partial charge in [0.1, 0.15) is 5.03 Å². The van der Waals surface area contributed by atoms with Gasteiger partial charge < -0.3 is 11.1 Å². The molecule has 0 radical (unpaired) electrons. The summed E-state index contributed by atoms with van der Waals surface area (Å²) in [5, 5.41) is 3.06. The molecule has 1 aromatic rings. The minimum atomic E-state index is -0.345. The van der Waals surface area contributed by atoms with Gasteiger partial charge in [0, 0.05) is 25.5 Å². The van der Waals surface area contributed by atoms with Gasteiger partial charge in [0.15, 0.2) is 5.82 Å². The van der Waals surface area contributed by atoms with Crippen molar-refractivity contribution < 1.29 is 9.59 Å². The lowest BCUT2D eigenvalue weighted by atomic mass is 10.5. The van der Waals surface area contributed by atoms with Crippen molar-refractivity contribution in [3.63, 3.8) is 0 Å². The van der Waals surface area contributed by atoms with Gasteiger partial charge in [0.05, 0.1) is 5.75 Å². The molecule has 3 N–H and O–H groups in total. The van der Waals surface area contributed by atoms with Crippen LogP contribution in [-0.2, 0) is 4.79 Å². The fourth-order valence-corrected chi connectivity index (χ4v) is 2.12. The van der Waals surface area contributed by atoms with Crippen LogP contribution in [0.1, 0.15) is 0 Å². The Labute approximate surface area is 102 Å². The Kier molecular flexibility index (Phi) is 3.43. The summed E-state index contributed by atoms with van der Waals surface area (Å²) in [6.45, 7) is 0.913. The van der Waals surface area contributed by atoms with Crippen molar-refractivity contribution in [1.29, 1.82) is 0 Å². The van der Waals surface area contributed by atoms with E-state index in [4.69, 9.17) is 5.73 Å². The summed E-state index contributed by atoms with van der Waals surface area (Å²) in [4.78, 5) is 32.0. The maximum absolute atomic E-state index is 11.7. The van der Waals surface area contributed by atoms with Crippen LogP contribution < -0.4 is 11.1 Å². The number of nitrogens with one attached hydrogen (secondary N) is 1. The Bertz CT molecular complexity index is 453. The molecule has 1 aliphatic rings. The summed E-state index contributed by atoms with van der Waals surface area (Å²) in [5.41, 5.74) is 5.59. The predicted molar refractivity (Wildman–Crippen MR) is 62.3 cm³/mol. The summed E-state index contributed by atoms with van der Waals surface area (Å²) in [6.07, 6.45) is 2.99. The van der Waals surface area contributed by atoms with Gasteiger partial charge in [-0.2, -0.15) is 0 Å². The largest absolute Gasteiger partial charge is 0.381 e. The number of carbonyl (C=O) groups excluding carboxylic acids is 2. The molecule has 1 fully saturated rings. The molecule has 2 heterocycles. The number of hydrogen-bond acceptors (Lipinski definition) is 6. The van der Waals surface area contributed by atoms with Crippen molar-refractivity contribution in [3.8, 4) is 0 Å². The molecular formula is C9H11N5O2S. The molecule has 0 spiro atoms. The molecule has 0 aromatic carbocycles. The fraction of sp³-hybridized carbons (Fsp3) is 0.333. The molecule has 0 aliphatic carbocycles. The Morgan fingerprint density at radius 1 is 1.53 bits per heavy atom. The number of carbonyl (C=O) groups is 2. The van der Waals surface area contributed by atoms with E-state index in [0.717, 1.165) is 0 Å². The van der Waals surface area contributed by atoms with Crippen molar-refractivity contribution in [2.45, 2.75) is 5.03 Å². The van der Waals surface area contributed by atoms with Crippen molar-refractivity contribution in [1.82, 2.24) is 20.2 Å². The van der Waals surface area contributed by atoms with Gasteiger partial charge in [-0.1, -0.05) is 11.8 Å². The predicted octanol–water partition coefficient (Wildman–Crippen LogP) is -0.297. The smallest absolute Gasteiger partial charge is 0.324 e. The van der Waals surface area contributed by atoms with Crippen LogP contribution in [0, 0.1) is 0 Å². The molecule has 8 heteroatoms. The van der Waals surface area contributed by atoms with Crippen molar-refractivity contribution in [2.24, 2.45) is 0 Å². The number of amides is 3. The second kappa shape index (κ2) is 5.00. The second-order valence-corrected chi connectivity index (χ2v) is 4.28.